The van der Waals surface area contributed by atoms with Gasteiger partial charge in [0.15, 0.2) is 0 Å². The van der Waals surface area contributed by atoms with Gasteiger partial charge in [0, 0.05) is 76.7 Å². The molecule has 8 aromatic carbocycles. The quantitative estimate of drug-likeness (QED) is 0.0296. The number of benzene rings is 8. The van der Waals surface area contributed by atoms with E-state index in [1.54, 1.807) is 12.1 Å². The molecule has 16 heteroatoms. The van der Waals surface area contributed by atoms with Crippen LogP contribution in [0.15, 0.2) is 167 Å². The summed E-state index contributed by atoms with van der Waals surface area (Å²) in [5.74, 6) is 3.57. The SMILES string of the molecule is C[C@@H]1CC[C@@H](C)N1.Cc1c(Br)cccc1-c1cccc(OCCCBr)c1C.Cc1c(Br)cccc1-c1cccc(OCCCN2[C@H](C)CC[C@H]2C)c1C.Cc1c(OCCCN2[C@H](C)CC[C@H]2C)cccc1-c1cccc(-c2ccc(CN)cc2)c1C.Cl.Cl.NCc1ccc(O[B]O)cc1. The maximum absolute atomic E-state index is 8.27. The highest BCUT2D eigenvalue weighted by Crippen LogP contribution is 2.39. The summed E-state index contributed by atoms with van der Waals surface area (Å²) in [5, 5.41) is 12.7. The van der Waals surface area contributed by atoms with E-state index in [0.717, 1.165) is 119 Å². The standard InChI is InChI=1S/C30H38N2O.C23H30BrNO.C17H18Br2O.C7H9BNO2.C6H13N.2ClH/c1-21-12-13-22(2)32(21)18-7-19-33-30-11-6-10-29(24(30)4)28-9-5-8-27(23(28)3)26-16-14-25(20-31)15-17-26;1-16-12-13-17(2)25(16)14-7-15-26-23-11-6-9-21(19(23)4)20-8-5-10-22(24)18(20)3;1-12-14(6-3-8-16(12)19)15-7-4-9-17(13(15)2)20-11-5-10-18;9-5-6-1-3-7(4-2-6)11-8-10;1-5-3-4-6(2)7-5;;/h5-6,8-11,14-17,21-22H,7,12-13,18-20,31H2,1-4H3;5-6,8-11,16-17H,7,12-15H2,1-4H3;3-4,6-9H,5,10-11H2,1-2H3;1-4,10H,5,9H2;5-7H,3-4H2,1-2H3;2*1H/t21-,22-;16-,17-;;;5-,6-;;/m11..1../s1. The zero-order chi connectivity index (χ0) is 70.0. The van der Waals surface area contributed by atoms with Gasteiger partial charge in [-0.3, -0.25) is 9.80 Å². The maximum Gasteiger partial charge on any atom is 0.569 e. The molecule has 0 amide bonds. The van der Waals surface area contributed by atoms with Crippen molar-refractivity contribution in [3.63, 3.8) is 0 Å². The molecule has 3 fully saturated rings. The maximum atomic E-state index is 8.27. The van der Waals surface area contributed by atoms with Gasteiger partial charge in [-0.25, -0.2) is 0 Å². The van der Waals surface area contributed by atoms with Crippen LogP contribution in [0.5, 0.6) is 23.0 Å². The summed E-state index contributed by atoms with van der Waals surface area (Å²) in [4.78, 5) is 5.25. The Balaban J connectivity index is 0.000000240. The Hall–Kier alpha value is -5.20. The van der Waals surface area contributed by atoms with Crippen molar-refractivity contribution in [3.05, 3.63) is 211 Å². The topological polar surface area (TPSA) is 128 Å². The minimum absolute atomic E-state index is 0. The predicted octanol–water partition coefficient (Wildman–Crippen LogP) is 21.1. The molecule has 0 spiro atoms. The molecule has 8 aromatic rings. The molecule has 0 unspecified atom stereocenters. The molecule has 0 aromatic heterocycles. The molecule has 99 heavy (non-hydrogen) atoms. The molecule has 0 aliphatic carbocycles. The Morgan fingerprint density at radius 2 is 0.747 bits per heavy atom. The molecular weight excluding hydrogens is 1470 g/mol. The van der Waals surface area contributed by atoms with Crippen molar-refractivity contribution in [2.45, 2.75) is 190 Å². The number of nitrogens with one attached hydrogen (secondary N) is 1. The van der Waals surface area contributed by atoms with Crippen LogP contribution in [0.3, 0.4) is 0 Å². The number of alkyl halides is 1. The Morgan fingerprint density at radius 3 is 1.09 bits per heavy atom. The van der Waals surface area contributed by atoms with E-state index >= 15 is 0 Å². The van der Waals surface area contributed by atoms with E-state index in [-0.39, 0.29) is 24.8 Å². The summed E-state index contributed by atoms with van der Waals surface area (Å²) >= 11 is 10.7. The van der Waals surface area contributed by atoms with Crippen LogP contribution in [0.1, 0.15) is 144 Å². The van der Waals surface area contributed by atoms with E-state index < -0.39 is 0 Å². The van der Waals surface area contributed by atoms with Gasteiger partial charge < -0.3 is 40.7 Å². The molecule has 6 N–H and O–H groups in total. The third-order valence-corrected chi connectivity index (χ3v) is 21.8. The summed E-state index contributed by atoms with van der Waals surface area (Å²) in [6.45, 7) is 32.5. The van der Waals surface area contributed by atoms with Gasteiger partial charge in [0.2, 0.25) is 0 Å². The third kappa shape index (κ3) is 24.8. The molecular formula is C83H110BBr3Cl2N5O5. The summed E-state index contributed by atoms with van der Waals surface area (Å²) < 4.78 is 25.3. The van der Waals surface area contributed by atoms with Gasteiger partial charge in [0.1, 0.15) is 17.2 Å². The van der Waals surface area contributed by atoms with Gasteiger partial charge in [0.25, 0.3) is 0 Å². The average Bonchev–Trinajstić information content (AvgIpc) is 1.39. The highest BCUT2D eigenvalue weighted by molar-refractivity contribution is 9.11. The lowest BCUT2D eigenvalue weighted by atomic mass is 9.90. The molecule has 6 atom stereocenters. The van der Waals surface area contributed by atoms with Crippen LogP contribution in [0.2, 0.25) is 0 Å². The van der Waals surface area contributed by atoms with Crippen molar-refractivity contribution in [2.75, 3.05) is 38.2 Å². The fourth-order valence-electron chi connectivity index (χ4n) is 13.4. The second-order valence-corrected chi connectivity index (χ2v) is 28.9. The molecule has 3 aliphatic heterocycles. The van der Waals surface area contributed by atoms with Crippen molar-refractivity contribution in [1.82, 2.24) is 15.1 Å². The zero-order valence-electron chi connectivity index (χ0n) is 60.7. The summed E-state index contributed by atoms with van der Waals surface area (Å²) in [6.07, 6.45) is 11.2. The predicted molar refractivity (Wildman–Crippen MR) is 435 cm³/mol. The Bertz CT molecular complexity index is 3670. The monoisotopic (exact) mass is 1570 g/mol. The second kappa shape index (κ2) is 43.7. The average molecular weight is 1580 g/mol. The van der Waals surface area contributed by atoms with Crippen LogP contribution in [-0.2, 0) is 13.1 Å². The number of hydrogen-bond acceptors (Lipinski definition) is 10. The molecule has 1 radical (unpaired) electrons. The largest absolute Gasteiger partial charge is 0.569 e. The van der Waals surface area contributed by atoms with Gasteiger partial charge in [-0.15, -0.1) is 24.8 Å². The van der Waals surface area contributed by atoms with Crippen LogP contribution < -0.4 is 35.6 Å². The smallest absolute Gasteiger partial charge is 0.537 e. The van der Waals surface area contributed by atoms with Crippen LogP contribution in [0.25, 0.3) is 44.5 Å². The lowest BCUT2D eigenvalue weighted by molar-refractivity contribution is 0.191. The lowest BCUT2D eigenvalue weighted by Gasteiger charge is -2.25. The molecule has 535 valence electrons. The van der Waals surface area contributed by atoms with Crippen molar-refractivity contribution < 1.29 is 23.9 Å². The Kier molecular flexibility index (Phi) is 37.3. The molecule has 0 saturated carbocycles. The number of nitrogens with zero attached hydrogens (tertiary/aromatic N) is 2. The molecule has 3 heterocycles. The summed E-state index contributed by atoms with van der Waals surface area (Å²) in [7, 11) is 0.650. The number of nitrogens with two attached hydrogens (primary N) is 2. The summed E-state index contributed by atoms with van der Waals surface area (Å²) in [6, 6.07) is 58.4. The van der Waals surface area contributed by atoms with E-state index in [9.17, 15) is 0 Å². The van der Waals surface area contributed by atoms with Gasteiger partial charge in [-0.05, 0) is 272 Å². The van der Waals surface area contributed by atoms with Crippen molar-refractivity contribution >= 4 is 80.3 Å². The van der Waals surface area contributed by atoms with Crippen LogP contribution in [-0.4, -0.2) is 97.0 Å². The highest BCUT2D eigenvalue weighted by Gasteiger charge is 2.28. The van der Waals surface area contributed by atoms with Gasteiger partial charge >= 0.3 is 7.69 Å². The van der Waals surface area contributed by atoms with Gasteiger partial charge in [-0.2, -0.15) is 0 Å². The fraction of sp³-hybridized carbons (Fsp3) is 0.422. The first-order chi connectivity index (χ1) is 46.8. The first kappa shape index (κ1) is 84.5. The highest BCUT2D eigenvalue weighted by atomic mass is 79.9. The van der Waals surface area contributed by atoms with Crippen LogP contribution in [0.4, 0.5) is 0 Å². The second-order valence-electron chi connectivity index (χ2n) is 26.4. The minimum atomic E-state index is 0. The molecule has 0 bridgehead atoms. The zero-order valence-corrected chi connectivity index (χ0v) is 67.0. The van der Waals surface area contributed by atoms with Crippen molar-refractivity contribution in [2.24, 2.45) is 11.5 Å². The van der Waals surface area contributed by atoms with Crippen LogP contribution in [0, 0.1) is 41.5 Å². The summed E-state index contributed by atoms with van der Waals surface area (Å²) in [5.41, 5.74) is 30.8. The normalized spacial score (nSPS) is 17.7. The third-order valence-electron chi connectivity index (χ3n) is 19.5. The van der Waals surface area contributed by atoms with E-state index in [4.69, 9.17) is 35.4 Å². The molecule has 3 aliphatic rings. The van der Waals surface area contributed by atoms with Crippen molar-refractivity contribution in [1.29, 1.82) is 0 Å². The van der Waals surface area contributed by atoms with E-state index in [2.05, 4.69) is 273 Å². The van der Waals surface area contributed by atoms with E-state index in [0.29, 0.717) is 38.6 Å². The molecule has 10 nitrogen and oxygen atoms in total. The minimum Gasteiger partial charge on any atom is -0.537 e. The first-order valence-electron chi connectivity index (χ1n) is 35.1. The molecule has 3 saturated heterocycles. The number of halogens is 5. The molecule has 11 rings (SSSR count). The van der Waals surface area contributed by atoms with Gasteiger partial charge in [-0.1, -0.05) is 163 Å². The fourth-order valence-corrected chi connectivity index (χ4v) is 14.4. The first-order valence-corrected chi connectivity index (χ1v) is 37.8. The number of ether oxygens (including phenoxy) is 3. The van der Waals surface area contributed by atoms with E-state index in [1.807, 2.05) is 18.2 Å². The number of hydrogen-bond donors (Lipinski definition) is 4. The van der Waals surface area contributed by atoms with Crippen LogP contribution >= 0.6 is 72.6 Å². The number of likely N-dealkylation sites (tertiary alicyclic amines) is 2. The van der Waals surface area contributed by atoms with E-state index in [1.165, 1.54) is 116 Å². The van der Waals surface area contributed by atoms with Crippen molar-refractivity contribution in [3.8, 4) is 67.5 Å². The Morgan fingerprint density at radius 1 is 0.424 bits per heavy atom. The lowest BCUT2D eigenvalue weighted by Crippen LogP contribution is -2.34. The Labute approximate surface area is 633 Å². The number of rotatable bonds is 22. The van der Waals surface area contributed by atoms with Gasteiger partial charge in [0.05, 0.1) is 25.6 Å².